The molecule has 4 rings (SSSR count). The molecule has 0 spiro atoms. The topological polar surface area (TPSA) is 59.8 Å². The van der Waals surface area contributed by atoms with Crippen molar-refractivity contribution in [2.24, 2.45) is 11.8 Å². The standard InChI is InChI=1S/C29H38N4OS/c1-19-11-9-12-24(21(19)3)30-26(34)18-35-28-32-31-27(33(28)25-13-8-7-10-20(25)2)22-14-16-23(17-15-22)29(4,5)6/h7-8,10,13-17,19,21,24H,9,11-12,18H2,1-6H3,(H,30,34). The van der Waals surface area contributed by atoms with E-state index in [0.29, 0.717) is 17.6 Å². The predicted molar refractivity (Wildman–Crippen MR) is 145 cm³/mol. The Morgan fingerprint density at radius 3 is 2.46 bits per heavy atom. The van der Waals surface area contributed by atoms with Crippen molar-refractivity contribution < 1.29 is 4.79 Å². The Morgan fingerprint density at radius 2 is 1.77 bits per heavy atom. The highest BCUT2D eigenvalue weighted by atomic mass is 32.2. The van der Waals surface area contributed by atoms with Gasteiger partial charge in [0, 0.05) is 11.6 Å². The van der Waals surface area contributed by atoms with Gasteiger partial charge in [-0.3, -0.25) is 9.36 Å². The summed E-state index contributed by atoms with van der Waals surface area (Å²) in [5, 5.41) is 13.1. The van der Waals surface area contributed by atoms with Crippen molar-refractivity contribution in [1.29, 1.82) is 0 Å². The Balaban J connectivity index is 1.59. The highest BCUT2D eigenvalue weighted by Gasteiger charge is 2.28. The number of para-hydroxylation sites is 1. The van der Waals surface area contributed by atoms with Crippen molar-refractivity contribution >= 4 is 17.7 Å². The van der Waals surface area contributed by atoms with Crippen LogP contribution >= 0.6 is 11.8 Å². The fraction of sp³-hybridized carbons (Fsp3) is 0.483. The second kappa shape index (κ2) is 10.6. The van der Waals surface area contributed by atoms with Crippen LogP contribution in [-0.4, -0.2) is 32.5 Å². The zero-order valence-corrected chi connectivity index (χ0v) is 22.7. The van der Waals surface area contributed by atoms with Gasteiger partial charge in [-0.25, -0.2) is 0 Å². The number of amides is 1. The Hall–Kier alpha value is -2.60. The van der Waals surface area contributed by atoms with Gasteiger partial charge in [0.1, 0.15) is 0 Å². The van der Waals surface area contributed by atoms with E-state index in [1.54, 1.807) is 0 Å². The Labute approximate surface area is 214 Å². The first-order valence-electron chi connectivity index (χ1n) is 12.7. The van der Waals surface area contributed by atoms with Crippen LogP contribution in [0.5, 0.6) is 0 Å². The van der Waals surface area contributed by atoms with Crippen molar-refractivity contribution in [1.82, 2.24) is 20.1 Å². The second-order valence-corrected chi connectivity index (χ2v) is 11.9. The minimum absolute atomic E-state index is 0.0661. The number of benzene rings is 2. The molecule has 1 aliphatic carbocycles. The number of thioether (sulfide) groups is 1. The van der Waals surface area contributed by atoms with Gasteiger partial charge in [-0.15, -0.1) is 10.2 Å². The largest absolute Gasteiger partial charge is 0.352 e. The van der Waals surface area contributed by atoms with E-state index < -0.39 is 0 Å². The van der Waals surface area contributed by atoms with Crippen molar-refractivity contribution in [2.75, 3.05) is 5.75 Å². The smallest absolute Gasteiger partial charge is 0.230 e. The molecule has 1 N–H and O–H groups in total. The van der Waals surface area contributed by atoms with Gasteiger partial charge in [0.15, 0.2) is 11.0 Å². The summed E-state index contributed by atoms with van der Waals surface area (Å²) in [6, 6.07) is 17.1. The van der Waals surface area contributed by atoms with E-state index in [1.165, 1.54) is 30.2 Å². The number of carbonyl (C=O) groups is 1. The van der Waals surface area contributed by atoms with Gasteiger partial charge in [0.2, 0.25) is 5.91 Å². The molecule has 6 heteroatoms. The third-order valence-corrected chi connectivity index (χ3v) is 8.31. The average Bonchev–Trinajstić information content (AvgIpc) is 3.24. The van der Waals surface area contributed by atoms with Crippen LogP contribution in [0.2, 0.25) is 0 Å². The molecule has 1 amide bonds. The van der Waals surface area contributed by atoms with Gasteiger partial charge in [-0.1, -0.05) is 102 Å². The monoisotopic (exact) mass is 490 g/mol. The summed E-state index contributed by atoms with van der Waals surface area (Å²) in [4.78, 5) is 12.9. The molecule has 1 aromatic heterocycles. The maximum atomic E-state index is 12.9. The minimum Gasteiger partial charge on any atom is -0.352 e. The van der Waals surface area contributed by atoms with Gasteiger partial charge < -0.3 is 5.32 Å². The summed E-state index contributed by atoms with van der Waals surface area (Å²) >= 11 is 1.45. The summed E-state index contributed by atoms with van der Waals surface area (Å²) in [7, 11) is 0. The summed E-state index contributed by atoms with van der Waals surface area (Å²) in [6.07, 6.45) is 3.50. The SMILES string of the molecule is Cc1ccccc1-n1c(SCC(=O)NC2CCCC(C)C2C)nnc1-c1ccc(C(C)(C)C)cc1. The first-order chi connectivity index (χ1) is 16.6. The zero-order chi connectivity index (χ0) is 25.2. The van der Waals surface area contributed by atoms with E-state index in [0.717, 1.165) is 34.2 Å². The molecule has 186 valence electrons. The highest BCUT2D eigenvalue weighted by Crippen LogP contribution is 2.32. The number of nitrogens with zero attached hydrogens (tertiary/aromatic N) is 3. The zero-order valence-electron chi connectivity index (χ0n) is 21.8. The van der Waals surface area contributed by atoms with Gasteiger partial charge in [0.05, 0.1) is 11.4 Å². The predicted octanol–water partition coefficient (Wildman–Crippen LogP) is 6.57. The fourth-order valence-corrected chi connectivity index (χ4v) is 5.62. The highest BCUT2D eigenvalue weighted by molar-refractivity contribution is 7.99. The van der Waals surface area contributed by atoms with E-state index >= 15 is 0 Å². The Morgan fingerprint density at radius 1 is 1.06 bits per heavy atom. The first-order valence-corrected chi connectivity index (χ1v) is 13.7. The normalized spacial score (nSPS) is 20.6. The van der Waals surface area contributed by atoms with Crippen molar-refractivity contribution in [3.05, 3.63) is 59.7 Å². The molecule has 2 aromatic carbocycles. The fourth-order valence-electron chi connectivity index (χ4n) is 4.87. The molecule has 5 nitrogen and oxygen atoms in total. The van der Waals surface area contributed by atoms with Gasteiger partial charge in [-0.05, 0) is 47.8 Å². The van der Waals surface area contributed by atoms with Gasteiger partial charge in [0.25, 0.3) is 0 Å². The molecule has 0 radical (unpaired) electrons. The number of aromatic nitrogens is 3. The van der Waals surface area contributed by atoms with E-state index in [-0.39, 0.29) is 17.4 Å². The number of hydrogen-bond donors (Lipinski definition) is 1. The van der Waals surface area contributed by atoms with E-state index in [9.17, 15) is 4.79 Å². The number of hydrogen-bond acceptors (Lipinski definition) is 4. The van der Waals surface area contributed by atoms with Crippen LogP contribution in [0.15, 0.2) is 53.7 Å². The number of rotatable bonds is 6. The lowest BCUT2D eigenvalue weighted by molar-refractivity contribution is -0.120. The average molecular weight is 491 g/mol. The third-order valence-electron chi connectivity index (χ3n) is 7.38. The Bertz CT molecular complexity index is 1160. The molecule has 3 unspecified atom stereocenters. The van der Waals surface area contributed by atoms with Crippen LogP contribution in [0.3, 0.4) is 0 Å². The van der Waals surface area contributed by atoms with E-state index in [1.807, 2.05) is 12.1 Å². The summed E-state index contributed by atoms with van der Waals surface area (Å²) in [5.41, 5.74) is 4.54. The van der Waals surface area contributed by atoms with Crippen molar-refractivity contribution in [2.45, 2.75) is 77.4 Å². The minimum atomic E-state index is 0.0661. The second-order valence-electron chi connectivity index (χ2n) is 11.0. The van der Waals surface area contributed by atoms with Gasteiger partial charge >= 0.3 is 0 Å². The van der Waals surface area contributed by atoms with Crippen LogP contribution in [0.1, 0.15) is 65.0 Å². The summed E-state index contributed by atoms with van der Waals surface area (Å²) in [5.74, 6) is 2.34. The molecule has 3 atom stereocenters. The maximum absolute atomic E-state index is 12.9. The van der Waals surface area contributed by atoms with E-state index in [4.69, 9.17) is 0 Å². The quantitative estimate of drug-likeness (QED) is 0.397. The molecular formula is C29H38N4OS. The first kappa shape index (κ1) is 25.5. The lowest BCUT2D eigenvalue weighted by atomic mass is 9.78. The number of aryl methyl sites for hydroxylation is 1. The molecule has 35 heavy (non-hydrogen) atoms. The molecule has 0 saturated heterocycles. The van der Waals surface area contributed by atoms with Gasteiger partial charge in [-0.2, -0.15) is 0 Å². The number of nitrogens with one attached hydrogen (secondary N) is 1. The van der Waals surface area contributed by atoms with Crippen LogP contribution in [0, 0.1) is 18.8 Å². The molecule has 1 fully saturated rings. The van der Waals surface area contributed by atoms with Crippen molar-refractivity contribution in [3.8, 4) is 17.1 Å². The maximum Gasteiger partial charge on any atom is 0.230 e. The van der Waals surface area contributed by atoms with Crippen LogP contribution in [-0.2, 0) is 10.2 Å². The molecular weight excluding hydrogens is 452 g/mol. The third kappa shape index (κ3) is 5.80. The molecule has 1 saturated carbocycles. The number of carbonyl (C=O) groups excluding carboxylic acids is 1. The van der Waals surface area contributed by atoms with Crippen LogP contribution < -0.4 is 5.32 Å². The van der Waals surface area contributed by atoms with Crippen LogP contribution in [0.25, 0.3) is 17.1 Å². The van der Waals surface area contributed by atoms with E-state index in [2.05, 4.69) is 98.0 Å². The summed E-state index contributed by atoms with van der Waals surface area (Å²) < 4.78 is 2.09. The lowest BCUT2D eigenvalue weighted by Gasteiger charge is -2.34. The van der Waals surface area contributed by atoms with Crippen LogP contribution in [0.4, 0.5) is 0 Å². The lowest BCUT2D eigenvalue weighted by Crippen LogP contribution is -2.44. The molecule has 1 aliphatic rings. The summed E-state index contributed by atoms with van der Waals surface area (Å²) in [6.45, 7) is 13.3. The molecule has 0 aliphatic heterocycles. The molecule has 3 aromatic rings. The molecule has 1 heterocycles. The Kier molecular flexibility index (Phi) is 7.70. The molecule has 0 bridgehead atoms. The van der Waals surface area contributed by atoms with Crippen molar-refractivity contribution in [3.63, 3.8) is 0 Å².